The number of carboxylic acids is 1. The van der Waals surface area contributed by atoms with Gasteiger partial charge in [0.1, 0.15) is 0 Å². The van der Waals surface area contributed by atoms with Gasteiger partial charge in [-0.3, -0.25) is 4.79 Å². The van der Waals surface area contributed by atoms with E-state index >= 15 is 0 Å². The molecule has 5 heteroatoms. The van der Waals surface area contributed by atoms with Crippen LogP contribution >= 0.6 is 0 Å². The molecule has 104 valence electrons. The van der Waals surface area contributed by atoms with Crippen molar-refractivity contribution in [2.75, 3.05) is 6.54 Å². The van der Waals surface area contributed by atoms with Gasteiger partial charge in [0.25, 0.3) is 0 Å². The lowest BCUT2D eigenvalue weighted by Crippen LogP contribution is -2.47. The quantitative estimate of drug-likeness (QED) is 0.622. The minimum Gasteiger partial charge on any atom is -0.481 e. The van der Waals surface area contributed by atoms with Crippen molar-refractivity contribution in [2.45, 2.75) is 57.9 Å². The standard InChI is InChI=1S/C13H24N2O3/c1-2-3-7-11(10-5-4-6-10)15-13(18)14-9-8-12(16)17/h10-11H,2-9H2,1H3,(H,16,17)(H2,14,15,18). The fourth-order valence-corrected chi connectivity index (χ4v) is 2.19. The van der Waals surface area contributed by atoms with Crippen molar-refractivity contribution in [3.63, 3.8) is 0 Å². The highest BCUT2D eigenvalue weighted by Gasteiger charge is 2.27. The van der Waals surface area contributed by atoms with Crippen molar-refractivity contribution < 1.29 is 14.7 Å². The maximum atomic E-state index is 11.6. The lowest BCUT2D eigenvalue weighted by atomic mass is 9.78. The summed E-state index contributed by atoms with van der Waals surface area (Å²) in [5.74, 6) is -0.279. The van der Waals surface area contributed by atoms with Gasteiger partial charge in [0.05, 0.1) is 6.42 Å². The van der Waals surface area contributed by atoms with Crippen LogP contribution in [0.5, 0.6) is 0 Å². The smallest absolute Gasteiger partial charge is 0.315 e. The fourth-order valence-electron chi connectivity index (χ4n) is 2.19. The van der Waals surface area contributed by atoms with Crippen molar-refractivity contribution in [1.82, 2.24) is 10.6 Å². The van der Waals surface area contributed by atoms with Crippen LogP contribution in [-0.2, 0) is 4.79 Å². The summed E-state index contributed by atoms with van der Waals surface area (Å²) in [7, 11) is 0. The third-order valence-electron chi connectivity index (χ3n) is 3.53. The Bertz CT molecular complexity index is 277. The molecule has 0 heterocycles. The lowest BCUT2D eigenvalue weighted by Gasteiger charge is -2.34. The van der Waals surface area contributed by atoms with Crippen LogP contribution < -0.4 is 10.6 Å². The summed E-state index contributed by atoms with van der Waals surface area (Å²) < 4.78 is 0. The summed E-state index contributed by atoms with van der Waals surface area (Å²) in [4.78, 5) is 22.0. The first-order chi connectivity index (χ1) is 8.63. The molecular weight excluding hydrogens is 232 g/mol. The zero-order valence-electron chi connectivity index (χ0n) is 11.1. The second kappa shape index (κ2) is 7.95. The molecule has 1 aliphatic carbocycles. The van der Waals surface area contributed by atoms with Crippen LogP contribution in [0.2, 0.25) is 0 Å². The molecule has 1 rings (SSSR count). The average molecular weight is 256 g/mol. The van der Waals surface area contributed by atoms with Gasteiger partial charge in [0.2, 0.25) is 0 Å². The van der Waals surface area contributed by atoms with Crippen LogP contribution in [0.15, 0.2) is 0 Å². The van der Waals surface area contributed by atoms with E-state index in [0.717, 1.165) is 19.3 Å². The molecule has 1 unspecified atom stereocenters. The first kappa shape index (κ1) is 14.8. The Balaban J connectivity index is 2.25. The van der Waals surface area contributed by atoms with Gasteiger partial charge in [0.15, 0.2) is 0 Å². The molecule has 2 amide bonds. The van der Waals surface area contributed by atoms with E-state index in [1.54, 1.807) is 0 Å². The summed E-state index contributed by atoms with van der Waals surface area (Å²) >= 11 is 0. The van der Waals surface area contributed by atoms with Gasteiger partial charge in [-0.15, -0.1) is 0 Å². The number of rotatable bonds is 8. The molecule has 1 saturated carbocycles. The molecule has 3 N–H and O–H groups in total. The zero-order valence-corrected chi connectivity index (χ0v) is 11.1. The topological polar surface area (TPSA) is 78.4 Å². The summed E-state index contributed by atoms with van der Waals surface area (Å²) in [5.41, 5.74) is 0. The Kier molecular flexibility index (Phi) is 6.54. The number of aliphatic carboxylic acids is 1. The molecule has 0 spiro atoms. The van der Waals surface area contributed by atoms with E-state index in [1.165, 1.54) is 19.3 Å². The van der Waals surface area contributed by atoms with E-state index in [0.29, 0.717) is 5.92 Å². The van der Waals surface area contributed by atoms with Crippen LogP contribution in [-0.4, -0.2) is 29.7 Å². The van der Waals surface area contributed by atoms with E-state index in [4.69, 9.17) is 5.11 Å². The molecule has 1 aliphatic rings. The second-order valence-electron chi connectivity index (χ2n) is 4.98. The van der Waals surface area contributed by atoms with Gasteiger partial charge in [-0.2, -0.15) is 0 Å². The predicted octanol–water partition coefficient (Wildman–Crippen LogP) is 2.12. The minimum atomic E-state index is -0.892. The first-order valence-corrected chi connectivity index (χ1v) is 6.89. The third-order valence-corrected chi connectivity index (χ3v) is 3.53. The van der Waals surface area contributed by atoms with Gasteiger partial charge < -0.3 is 15.7 Å². The molecule has 1 fully saturated rings. The number of hydrogen-bond acceptors (Lipinski definition) is 2. The molecular formula is C13H24N2O3. The van der Waals surface area contributed by atoms with Gasteiger partial charge in [-0.25, -0.2) is 4.79 Å². The molecule has 0 aromatic heterocycles. The van der Waals surface area contributed by atoms with Gasteiger partial charge in [-0.1, -0.05) is 26.2 Å². The van der Waals surface area contributed by atoms with Crippen molar-refractivity contribution in [3.8, 4) is 0 Å². The van der Waals surface area contributed by atoms with Gasteiger partial charge in [0, 0.05) is 12.6 Å². The Morgan fingerprint density at radius 2 is 2.11 bits per heavy atom. The van der Waals surface area contributed by atoms with E-state index in [1.807, 2.05) is 0 Å². The predicted molar refractivity (Wildman–Crippen MR) is 69.4 cm³/mol. The number of carboxylic acid groups (broad SMARTS) is 1. The van der Waals surface area contributed by atoms with Gasteiger partial charge >= 0.3 is 12.0 Å². The highest BCUT2D eigenvalue weighted by atomic mass is 16.4. The summed E-state index contributed by atoms with van der Waals surface area (Å²) in [6, 6.07) is 0.0211. The maximum absolute atomic E-state index is 11.6. The highest BCUT2D eigenvalue weighted by molar-refractivity contribution is 5.75. The molecule has 5 nitrogen and oxygen atoms in total. The minimum absolute atomic E-state index is 0.0313. The molecule has 0 aromatic rings. The molecule has 0 aliphatic heterocycles. The Labute approximate surface area is 108 Å². The Morgan fingerprint density at radius 1 is 1.39 bits per heavy atom. The normalized spacial score (nSPS) is 16.7. The number of amides is 2. The summed E-state index contributed by atoms with van der Waals surface area (Å²) in [5, 5.41) is 14.1. The van der Waals surface area contributed by atoms with E-state index in [9.17, 15) is 9.59 Å². The van der Waals surface area contributed by atoms with Crippen molar-refractivity contribution in [3.05, 3.63) is 0 Å². The van der Waals surface area contributed by atoms with E-state index in [-0.39, 0.29) is 25.0 Å². The Morgan fingerprint density at radius 3 is 2.61 bits per heavy atom. The molecule has 18 heavy (non-hydrogen) atoms. The molecule has 0 radical (unpaired) electrons. The van der Waals surface area contributed by atoms with Crippen LogP contribution in [0.25, 0.3) is 0 Å². The molecule has 0 bridgehead atoms. The second-order valence-corrected chi connectivity index (χ2v) is 4.98. The largest absolute Gasteiger partial charge is 0.481 e. The third kappa shape index (κ3) is 5.38. The maximum Gasteiger partial charge on any atom is 0.315 e. The van der Waals surface area contributed by atoms with E-state index in [2.05, 4.69) is 17.6 Å². The number of urea groups is 1. The lowest BCUT2D eigenvalue weighted by molar-refractivity contribution is -0.136. The van der Waals surface area contributed by atoms with Crippen LogP contribution in [0.3, 0.4) is 0 Å². The monoisotopic (exact) mass is 256 g/mol. The number of hydrogen-bond donors (Lipinski definition) is 3. The van der Waals surface area contributed by atoms with Crippen LogP contribution in [0, 0.1) is 5.92 Å². The van der Waals surface area contributed by atoms with Gasteiger partial charge in [-0.05, 0) is 25.2 Å². The Hall–Kier alpha value is -1.26. The average Bonchev–Trinajstić information content (AvgIpc) is 2.22. The zero-order chi connectivity index (χ0) is 13.4. The number of carbonyl (C=O) groups is 2. The number of nitrogens with one attached hydrogen (secondary N) is 2. The van der Waals surface area contributed by atoms with Crippen LogP contribution in [0.4, 0.5) is 4.79 Å². The molecule has 0 aromatic carbocycles. The van der Waals surface area contributed by atoms with Crippen molar-refractivity contribution in [2.24, 2.45) is 5.92 Å². The summed E-state index contributed by atoms with van der Waals surface area (Å²) in [6.45, 7) is 2.33. The first-order valence-electron chi connectivity index (χ1n) is 6.89. The number of unbranched alkanes of at least 4 members (excludes halogenated alkanes) is 1. The van der Waals surface area contributed by atoms with Crippen molar-refractivity contribution in [1.29, 1.82) is 0 Å². The summed E-state index contributed by atoms with van der Waals surface area (Å²) in [6.07, 6.45) is 6.90. The highest BCUT2D eigenvalue weighted by Crippen LogP contribution is 2.31. The van der Waals surface area contributed by atoms with E-state index < -0.39 is 5.97 Å². The SMILES string of the molecule is CCCCC(NC(=O)NCCC(=O)O)C1CCC1. The number of carbonyl (C=O) groups excluding carboxylic acids is 1. The molecule has 0 saturated heterocycles. The van der Waals surface area contributed by atoms with Crippen molar-refractivity contribution >= 4 is 12.0 Å². The molecule has 1 atom stereocenters. The fraction of sp³-hybridized carbons (Fsp3) is 0.846. The van der Waals surface area contributed by atoms with Crippen LogP contribution in [0.1, 0.15) is 51.9 Å².